The molecule has 2 atom stereocenters. The molecule has 3 heteroatoms. The smallest absolute Gasteiger partial charge is 0.159 e. The van der Waals surface area contributed by atoms with E-state index in [9.17, 15) is 8.78 Å². The number of hydrogen-bond donors (Lipinski definition) is 0. The van der Waals surface area contributed by atoms with E-state index in [0.717, 1.165) is 36.8 Å². The molecular formula is C20H28F2O. The minimum Gasteiger partial charge on any atom is -0.373 e. The Morgan fingerprint density at radius 3 is 2.35 bits per heavy atom. The van der Waals surface area contributed by atoms with Crippen LogP contribution in [0.5, 0.6) is 0 Å². The first kappa shape index (κ1) is 16.6. The van der Waals surface area contributed by atoms with Crippen molar-refractivity contribution in [3.8, 4) is 0 Å². The topological polar surface area (TPSA) is 9.23 Å². The summed E-state index contributed by atoms with van der Waals surface area (Å²) in [4.78, 5) is 0. The Labute approximate surface area is 139 Å². The molecule has 0 amide bonds. The number of rotatable bonds is 3. The zero-order valence-corrected chi connectivity index (χ0v) is 13.8. The predicted octanol–water partition coefficient (Wildman–Crippen LogP) is 6.06. The summed E-state index contributed by atoms with van der Waals surface area (Å²) < 4.78 is 32.4. The van der Waals surface area contributed by atoms with E-state index in [2.05, 4.69) is 19.1 Å². The minimum absolute atomic E-state index is 0. The Morgan fingerprint density at radius 1 is 1.00 bits per heavy atom. The molecule has 1 aliphatic carbocycles. The summed E-state index contributed by atoms with van der Waals surface area (Å²) in [5.41, 5.74) is 0.763. The molecule has 0 aromatic heterocycles. The Bertz CT molecular complexity index is 545. The average Bonchev–Trinajstić information content (AvgIpc) is 2.59. The first-order chi connectivity index (χ1) is 11.2. The molecule has 0 spiro atoms. The van der Waals surface area contributed by atoms with Gasteiger partial charge in [0, 0.05) is 1.43 Å². The Morgan fingerprint density at radius 2 is 1.74 bits per heavy atom. The fourth-order valence-corrected chi connectivity index (χ4v) is 4.20. The molecule has 2 aliphatic rings. The quantitative estimate of drug-likeness (QED) is 0.614. The third-order valence-electron chi connectivity index (χ3n) is 5.57. The predicted molar refractivity (Wildman–Crippen MR) is 90.2 cm³/mol. The number of allylic oxidation sites excluding steroid dienone is 2. The summed E-state index contributed by atoms with van der Waals surface area (Å²) in [6.07, 6.45) is 11.6. The standard InChI is InChI=1S/C20H26F2O.H2/c1-2-3-14-4-6-15(7-5-14)17-9-11-20(23-13-17)16-8-10-18(21)19(22)12-16;/h2-3,8,10,12,14-15,17,20H,4-7,9,11,13H2,1H3;1H/b3-2+;. The van der Waals surface area contributed by atoms with E-state index in [1.54, 1.807) is 6.07 Å². The highest BCUT2D eigenvalue weighted by molar-refractivity contribution is 5.20. The highest BCUT2D eigenvalue weighted by Crippen LogP contribution is 2.40. The van der Waals surface area contributed by atoms with Crippen molar-refractivity contribution >= 4 is 0 Å². The van der Waals surface area contributed by atoms with Crippen molar-refractivity contribution in [2.75, 3.05) is 6.61 Å². The molecule has 1 aromatic carbocycles. The molecule has 1 heterocycles. The van der Waals surface area contributed by atoms with Crippen molar-refractivity contribution in [3.63, 3.8) is 0 Å². The maximum absolute atomic E-state index is 13.4. The largest absolute Gasteiger partial charge is 0.373 e. The van der Waals surface area contributed by atoms with Crippen LogP contribution in [0.25, 0.3) is 0 Å². The number of hydrogen-bond acceptors (Lipinski definition) is 1. The van der Waals surface area contributed by atoms with Crippen LogP contribution in [-0.2, 0) is 4.74 Å². The van der Waals surface area contributed by atoms with Gasteiger partial charge in [-0.1, -0.05) is 18.2 Å². The van der Waals surface area contributed by atoms with E-state index >= 15 is 0 Å². The van der Waals surface area contributed by atoms with Gasteiger partial charge in [-0.3, -0.25) is 0 Å². The summed E-state index contributed by atoms with van der Waals surface area (Å²) in [5.74, 6) is 0.581. The lowest BCUT2D eigenvalue weighted by atomic mass is 9.73. The molecule has 2 fully saturated rings. The van der Waals surface area contributed by atoms with Crippen LogP contribution < -0.4 is 0 Å². The lowest BCUT2D eigenvalue weighted by Crippen LogP contribution is -2.29. The van der Waals surface area contributed by atoms with Gasteiger partial charge in [0.05, 0.1) is 12.7 Å². The van der Waals surface area contributed by atoms with Crippen molar-refractivity contribution < 1.29 is 14.9 Å². The molecule has 2 unspecified atom stereocenters. The number of benzene rings is 1. The van der Waals surface area contributed by atoms with Gasteiger partial charge in [0.1, 0.15) is 0 Å². The van der Waals surface area contributed by atoms with Gasteiger partial charge in [-0.2, -0.15) is 0 Å². The summed E-state index contributed by atoms with van der Waals surface area (Å²) >= 11 is 0. The summed E-state index contributed by atoms with van der Waals surface area (Å²) in [6.45, 7) is 2.85. The SMILES string of the molecule is C/C=C/C1CCC(C2CCC(c3ccc(F)c(F)c3)OC2)CC1.[HH]. The van der Waals surface area contributed by atoms with Crippen molar-refractivity contribution in [3.05, 3.63) is 47.5 Å². The van der Waals surface area contributed by atoms with Crippen LogP contribution >= 0.6 is 0 Å². The summed E-state index contributed by atoms with van der Waals surface area (Å²) in [7, 11) is 0. The summed E-state index contributed by atoms with van der Waals surface area (Å²) in [6, 6.07) is 4.12. The maximum atomic E-state index is 13.4. The van der Waals surface area contributed by atoms with Crippen molar-refractivity contribution in [2.45, 2.75) is 51.6 Å². The average molecular weight is 322 g/mol. The molecule has 1 nitrogen and oxygen atoms in total. The van der Waals surface area contributed by atoms with Gasteiger partial charge in [-0.25, -0.2) is 8.78 Å². The lowest BCUT2D eigenvalue weighted by Gasteiger charge is -2.37. The molecule has 1 saturated carbocycles. The fraction of sp³-hybridized carbons (Fsp3) is 0.600. The van der Waals surface area contributed by atoms with Crippen LogP contribution in [0.2, 0.25) is 0 Å². The van der Waals surface area contributed by atoms with Gasteiger partial charge >= 0.3 is 0 Å². The van der Waals surface area contributed by atoms with Gasteiger partial charge in [-0.05, 0) is 80.9 Å². The fourth-order valence-electron chi connectivity index (χ4n) is 4.20. The van der Waals surface area contributed by atoms with E-state index in [4.69, 9.17) is 4.74 Å². The second-order valence-electron chi connectivity index (χ2n) is 7.03. The Kier molecular flexibility index (Phi) is 5.47. The zero-order chi connectivity index (χ0) is 16.2. The zero-order valence-electron chi connectivity index (χ0n) is 13.8. The monoisotopic (exact) mass is 322 g/mol. The van der Waals surface area contributed by atoms with Crippen LogP contribution in [0, 0.1) is 29.4 Å². The highest BCUT2D eigenvalue weighted by atomic mass is 19.2. The van der Waals surface area contributed by atoms with Gasteiger partial charge in [-0.15, -0.1) is 0 Å². The van der Waals surface area contributed by atoms with Crippen LogP contribution in [0.1, 0.15) is 58.5 Å². The summed E-state index contributed by atoms with van der Waals surface area (Å²) in [5, 5.41) is 0. The van der Waals surface area contributed by atoms with Crippen LogP contribution in [-0.4, -0.2) is 6.61 Å². The third-order valence-corrected chi connectivity index (χ3v) is 5.57. The second kappa shape index (κ2) is 7.57. The van der Waals surface area contributed by atoms with Gasteiger partial charge < -0.3 is 4.74 Å². The van der Waals surface area contributed by atoms with Crippen LogP contribution in [0.3, 0.4) is 0 Å². The van der Waals surface area contributed by atoms with Gasteiger partial charge in [0.15, 0.2) is 11.6 Å². The van der Waals surface area contributed by atoms with Crippen molar-refractivity contribution in [2.24, 2.45) is 17.8 Å². The van der Waals surface area contributed by atoms with E-state index in [1.807, 2.05) is 0 Å². The lowest BCUT2D eigenvalue weighted by molar-refractivity contribution is -0.0397. The highest BCUT2D eigenvalue weighted by Gasteiger charge is 2.31. The van der Waals surface area contributed by atoms with Crippen molar-refractivity contribution in [1.29, 1.82) is 0 Å². The van der Waals surface area contributed by atoms with E-state index < -0.39 is 11.6 Å². The first-order valence-corrected chi connectivity index (χ1v) is 8.86. The second-order valence-corrected chi connectivity index (χ2v) is 7.03. The molecule has 23 heavy (non-hydrogen) atoms. The maximum Gasteiger partial charge on any atom is 0.159 e. The molecule has 3 rings (SSSR count). The molecule has 0 bridgehead atoms. The third kappa shape index (κ3) is 4.00. The molecule has 1 aromatic rings. The van der Waals surface area contributed by atoms with Gasteiger partial charge in [0.2, 0.25) is 0 Å². The Hall–Kier alpha value is -1.22. The molecular weight excluding hydrogens is 294 g/mol. The van der Waals surface area contributed by atoms with E-state index in [-0.39, 0.29) is 7.53 Å². The Balaban J connectivity index is 0.00000208. The van der Waals surface area contributed by atoms with Crippen molar-refractivity contribution in [1.82, 2.24) is 0 Å². The molecule has 0 radical (unpaired) electrons. The number of halogens is 2. The van der Waals surface area contributed by atoms with Crippen LogP contribution in [0.4, 0.5) is 8.78 Å². The normalized spacial score (nSPS) is 32.3. The molecule has 1 aliphatic heterocycles. The molecule has 128 valence electrons. The van der Waals surface area contributed by atoms with Gasteiger partial charge in [0.25, 0.3) is 0 Å². The number of ether oxygens (including phenoxy) is 1. The van der Waals surface area contributed by atoms with E-state index in [0.29, 0.717) is 5.92 Å². The molecule has 1 saturated heterocycles. The first-order valence-electron chi connectivity index (χ1n) is 8.86. The molecule has 0 N–H and O–H groups in total. The van der Waals surface area contributed by atoms with E-state index in [1.165, 1.54) is 37.8 Å². The minimum atomic E-state index is -0.791. The van der Waals surface area contributed by atoms with Crippen LogP contribution in [0.15, 0.2) is 30.4 Å².